The number of rotatable bonds is 4. The topological polar surface area (TPSA) is 66.1 Å². The van der Waals surface area contributed by atoms with Crippen molar-refractivity contribution in [3.8, 4) is 6.07 Å². The van der Waals surface area contributed by atoms with E-state index in [9.17, 15) is 14.9 Å². The third-order valence-corrected chi connectivity index (χ3v) is 5.46. The van der Waals surface area contributed by atoms with E-state index in [4.69, 9.17) is 0 Å². The lowest BCUT2D eigenvalue weighted by Gasteiger charge is -2.13. The Kier molecular flexibility index (Phi) is 5.01. The van der Waals surface area contributed by atoms with Crippen LogP contribution in [0.25, 0.3) is 6.08 Å². The van der Waals surface area contributed by atoms with E-state index in [1.165, 1.54) is 4.90 Å². The van der Waals surface area contributed by atoms with Crippen LogP contribution in [0, 0.1) is 25.2 Å². The molecule has 0 aliphatic carbocycles. The third kappa shape index (κ3) is 3.18. The Morgan fingerprint density at radius 1 is 1.23 bits per heavy atom. The summed E-state index contributed by atoms with van der Waals surface area (Å²) < 4.78 is 2.17. The van der Waals surface area contributed by atoms with E-state index in [2.05, 4.69) is 17.6 Å². The molecule has 1 saturated heterocycles. The number of thioether (sulfide) groups is 1. The number of benzene rings is 1. The smallest absolute Gasteiger partial charge is 0.293 e. The molecule has 5 nitrogen and oxygen atoms in total. The summed E-state index contributed by atoms with van der Waals surface area (Å²) in [7, 11) is 0. The normalized spacial score (nSPS) is 15.8. The second-order valence-corrected chi connectivity index (χ2v) is 7.10. The SMILES string of the molecule is CCn1c(C)cc(C=C2SC(=O)N(Cc3ccccc3C#N)C2=O)c1C. The van der Waals surface area contributed by atoms with Crippen molar-refractivity contribution in [2.24, 2.45) is 0 Å². The molecule has 2 heterocycles. The van der Waals surface area contributed by atoms with Gasteiger partial charge in [-0.2, -0.15) is 5.26 Å². The summed E-state index contributed by atoms with van der Waals surface area (Å²) in [5, 5.41) is 8.89. The molecule has 0 radical (unpaired) electrons. The molecule has 26 heavy (non-hydrogen) atoms. The van der Waals surface area contributed by atoms with Crippen molar-refractivity contribution >= 4 is 29.0 Å². The van der Waals surface area contributed by atoms with Crippen molar-refractivity contribution in [3.63, 3.8) is 0 Å². The molecule has 1 aliphatic heterocycles. The van der Waals surface area contributed by atoms with Gasteiger partial charge in [-0.3, -0.25) is 14.5 Å². The van der Waals surface area contributed by atoms with Crippen LogP contribution in [0.4, 0.5) is 4.79 Å². The largest absolute Gasteiger partial charge is 0.349 e. The standard InChI is InChI=1S/C20H19N3O2S/c1-4-22-13(2)9-17(14(22)3)10-18-19(24)23(20(25)26-18)12-16-8-6-5-7-15(16)11-21/h5-10H,4,12H2,1-3H3. The molecule has 6 heteroatoms. The predicted octanol–water partition coefficient (Wildman–Crippen LogP) is 4.23. The van der Waals surface area contributed by atoms with Crippen LogP contribution in [0.2, 0.25) is 0 Å². The first-order chi connectivity index (χ1) is 12.5. The first kappa shape index (κ1) is 18.0. The molecule has 3 rings (SSSR count). The fraction of sp³-hybridized carbons (Fsp3) is 0.250. The van der Waals surface area contributed by atoms with Crippen LogP contribution in [-0.4, -0.2) is 20.6 Å². The van der Waals surface area contributed by atoms with Gasteiger partial charge < -0.3 is 4.57 Å². The van der Waals surface area contributed by atoms with Gasteiger partial charge in [0.25, 0.3) is 11.1 Å². The maximum absolute atomic E-state index is 12.7. The third-order valence-electron chi connectivity index (χ3n) is 4.56. The Labute approximate surface area is 156 Å². The number of carbonyl (C=O) groups is 2. The average molecular weight is 365 g/mol. The molecular formula is C20H19N3O2S. The molecule has 0 bridgehead atoms. The number of aromatic nitrogens is 1. The Morgan fingerprint density at radius 2 is 1.96 bits per heavy atom. The second-order valence-electron chi connectivity index (χ2n) is 6.11. The number of hydrogen-bond acceptors (Lipinski definition) is 4. The number of nitrogens with zero attached hydrogens (tertiary/aromatic N) is 3. The van der Waals surface area contributed by atoms with Crippen LogP contribution in [-0.2, 0) is 17.9 Å². The maximum atomic E-state index is 12.7. The van der Waals surface area contributed by atoms with E-state index < -0.39 is 0 Å². The molecule has 132 valence electrons. The Bertz CT molecular complexity index is 966. The van der Waals surface area contributed by atoms with E-state index in [1.807, 2.05) is 19.9 Å². The quantitative estimate of drug-likeness (QED) is 0.761. The summed E-state index contributed by atoms with van der Waals surface area (Å²) in [6.45, 7) is 7.08. The molecule has 0 N–H and O–H groups in total. The van der Waals surface area contributed by atoms with Crippen molar-refractivity contribution in [1.82, 2.24) is 9.47 Å². The van der Waals surface area contributed by atoms with E-state index >= 15 is 0 Å². The molecule has 2 amide bonds. The maximum Gasteiger partial charge on any atom is 0.293 e. The van der Waals surface area contributed by atoms with E-state index in [0.717, 1.165) is 35.3 Å². The summed E-state index contributed by atoms with van der Waals surface area (Å²) in [5.41, 5.74) is 4.29. The van der Waals surface area contributed by atoms with Crippen molar-refractivity contribution < 1.29 is 9.59 Å². The van der Waals surface area contributed by atoms with Gasteiger partial charge in [-0.05, 0) is 61.9 Å². The lowest BCUT2D eigenvalue weighted by Crippen LogP contribution is -2.27. The van der Waals surface area contributed by atoms with Gasteiger partial charge in [0.15, 0.2) is 0 Å². The van der Waals surface area contributed by atoms with Crippen molar-refractivity contribution in [3.05, 3.63) is 63.3 Å². The van der Waals surface area contributed by atoms with E-state index in [0.29, 0.717) is 16.0 Å². The van der Waals surface area contributed by atoms with Gasteiger partial charge in [-0.25, -0.2) is 0 Å². The summed E-state index contributed by atoms with van der Waals surface area (Å²) in [6, 6.07) is 11.1. The van der Waals surface area contributed by atoms with E-state index in [-0.39, 0.29) is 17.7 Å². The summed E-state index contributed by atoms with van der Waals surface area (Å²) in [5.74, 6) is -0.311. The van der Waals surface area contributed by atoms with Crippen LogP contribution >= 0.6 is 11.8 Å². The van der Waals surface area contributed by atoms with Gasteiger partial charge in [0.05, 0.1) is 23.1 Å². The lowest BCUT2D eigenvalue weighted by atomic mass is 10.1. The lowest BCUT2D eigenvalue weighted by molar-refractivity contribution is -0.123. The molecular weight excluding hydrogens is 346 g/mol. The first-order valence-electron chi connectivity index (χ1n) is 8.36. The molecule has 2 aromatic rings. The average Bonchev–Trinajstić information content (AvgIpc) is 3.05. The Morgan fingerprint density at radius 3 is 2.62 bits per heavy atom. The van der Waals surface area contributed by atoms with Crippen molar-refractivity contribution in [2.75, 3.05) is 0 Å². The molecule has 1 aromatic heterocycles. The summed E-state index contributed by atoms with van der Waals surface area (Å²) >= 11 is 0.947. The zero-order valence-electron chi connectivity index (χ0n) is 14.9. The minimum Gasteiger partial charge on any atom is -0.349 e. The highest BCUT2D eigenvalue weighted by atomic mass is 32.2. The Hall–Kier alpha value is -2.78. The number of carbonyl (C=O) groups excluding carboxylic acids is 2. The summed E-state index contributed by atoms with van der Waals surface area (Å²) in [4.78, 5) is 26.7. The zero-order chi connectivity index (χ0) is 18.8. The number of nitriles is 1. The molecule has 0 atom stereocenters. The molecule has 0 unspecified atom stereocenters. The van der Waals surface area contributed by atoms with Crippen molar-refractivity contribution in [2.45, 2.75) is 33.9 Å². The number of hydrogen-bond donors (Lipinski definition) is 0. The van der Waals surface area contributed by atoms with Gasteiger partial charge in [0.1, 0.15) is 0 Å². The van der Waals surface area contributed by atoms with Crippen LogP contribution in [0.15, 0.2) is 35.2 Å². The van der Waals surface area contributed by atoms with Gasteiger partial charge >= 0.3 is 0 Å². The van der Waals surface area contributed by atoms with Gasteiger partial charge in [-0.1, -0.05) is 18.2 Å². The monoisotopic (exact) mass is 365 g/mol. The number of imide groups is 1. The fourth-order valence-corrected chi connectivity index (χ4v) is 4.00. The first-order valence-corrected chi connectivity index (χ1v) is 9.18. The zero-order valence-corrected chi connectivity index (χ0v) is 15.8. The highest BCUT2D eigenvalue weighted by molar-refractivity contribution is 8.18. The summed E-state index contributed by atoms with van der Waals surface area (Å²) in [6.07, 6.45) is 1.79. The highest BCUT2D eigenvalue weighted by Gasteiger charge is 2.35. The minimum absolute atomic E-state index is 0.111. The van der Waals surface area contributed by atoms with Crippen LogP contribution in [0.1, 0.15) is 35.0 Å². The minimum atomic E-state index is -0.311. The van der Waals surface area contributed by atoms with Crippen molar-refractivity contribution in [1.29, 1.82) is 5.26 Å². The Balaban J connectivity index is 1.89. The van der Waals surface area contributed by atoms with Crippen LogP contribution in [0.5, 0.6) is 0 Å². The fourth-order valence-electron chi connectivity index (χ4n) is 3.18. The molecule has 1 fully saturated rings. The van der Waals surface area contributed by atoms with Gasteiger partial charge in [0, 0.05) is 17.9 Å². The van der Waals surface area contributed by atoms with Crippen LogP contribution in [0.3, 0.4) is 0 Å². The number of amides is 2. The molecule has 0 spiro atoms. The van der Waals surface area contributed by atoms with Gasteiger partial charge in [0.2, 0.25) is 0 Å². The van der Waals surface area contributed by atoms with Gasteiger partial charge in [-0.15, -0.1) is 0 Å². The predicted molar refractivity (Wildman–Crippen MR) is 102 cm³/mol. The van der Waals surface area contributed by atoms with E-state index in [1.54, 1.807) is 30.3 Å². The molecule has 1 aromatic carbocycles. The molecule has 0 saturated carbocycles. The second kappa shape index (κ2) is 7.22. The highest BCUT2D eigenvalue weighted by Crippen LogP contribution is 2.34. The molecule has 1 aliphatic rings. The number of aryl methyl sites for hydroxylation is 1. The van der Waals surface area contributed by atoms with Crippen LogP contribution < -0.4 is 0 Å².